The maximum atomic E-state index is 10.8. The molecule has 4 heteroatoms. The molecule has 2 rings (SSSR count). The van der Waals surface area contributed by atoms with E-state index < -0.39 is 5.97 Å². The van der Waals surface area contributed by atoms with Crippen molar-refractivity contribution in [1.29, 1.82) is 0 Å². The SMILES string of the molecule is O=C(O)c1cc(CBr)c2c(c1)CCO2. The first-order valence-electron chi connectivity index (χ1n) is 4.30. The first-order valence-corrected chi connectivity index (χ1v) is 5.42. The Balaban J connectivity index is 2.54. The molecule has 14 heavy (non-hydrogen) atoms. The van der Waals surface area contributed by atoms with Crippen LogP contribution in [0.5, 0.6) is 5.75 Å². The lowest BCUT2D eigenvalue weighted by Crippen LogP contribution is -1.99. The molecule has 1 aromatic rings. The van der Waals surface area contributed by atoms with Gasteiger partial charge >= 0.3 is 5.97 Å². The van der Waals surface area contributed by atoms with E-state index in [2.05, 4.69) is 15.9 Å². The van der Waals surface area contributed by atoms with Gasteiger partial charge < -0.3 is 9.84 Å². The molecular formula is C10H9BrO3. The molecule has 0 bridgehead atoms. The quantitative estimate of drug-likeness (QED) is 0.826. The number of aromatic carboxylic acids is 1. The van der Waals surface area contributed by atoms with Crippen LogP contribution in [0.25, 0.3) is 0 Å². The van der Waals surface area contributed by atoms with Gasteiger partial charge in [0.15, 0.2) is 0 Å². The number of carboxylic acids is 1. The van der Waals surface area contributed by atoms with Gasteiger partial charge in [-0.05, 0) is 17.7 Å². The van der Waals surface area contributed by atoms with Gasteiger partial charge in [0, 0.05) is 17.3 Å². The fourth-order valence-electron chi connectivity index (χ4n) is 1.61. The van der Waals surface area contributed by atoms with Crippen LogP contribution in [0.4, 0.5) is 0 Å². The van der Waals surface area contributed by atoms with Crippen LogP contribution < -0.4 is 4.74 Å². The Morgan fingerprint density at radius 2 is 2.36 bits per heavy atom. The Morgan fingerprint density at radius 1 is 1.57 bits per heavy atom. The number of carboxylic acid groups (broad SMARTS) is 1. The van der Waals surface area contributed by atoms with Gasteiger partial charge in [0.05, 0.1) is 12.2 Å². The number of hydrogen-bond donors (Lipinski definition) is 1. The first kappa shape index (κ1) is 9.52. The average Bonchev–Trinajstić information content (AvgIpc) is 2.63. The molecule has 1 aliphatic rings. The predicted molar refractivity (Wildman–Crippen MR) is 55.2 cm³/mol. The molecule has 0 saturated heterocycles. The van der Waals surface area contributed by atoms with Crippen LogP contribution >= 0.6 is 15.9 Å². The van der Waals surface area contributed by atoms with E-state index in [1.807, 2.05) is 0 Å². The summed E-state index contributed by atoms with van der Waals surface area (Å²) in [7, 11) is 0. The van der Waals surface area contributed by atoms with Gasteiger partial charge in [-0.15, -0.1) is 0 Å². The highest BCUT2D eigenvalue weighted by Crippen LogP contribution is 2.32. The van der Waals surface area contributed by atoms with Crippen molar-refractivity contribution in [3.05, 3.63) is 28.8 Å². The molecule has 0 unspecified atom stereocenters. The minimum absolute atomic E-state index is 0.337. The van der Waals surface area contributed by atoms with Crippen molar-refractivity contribution in [2.75, 3.05) is 6.61 Å². The molecule has 0 atom stereocenters. The van der Waals surface area contributed by atoms with E-state index in [0.717, 1.165) is 23.3 Å². The molecule has 0 spiro atoms. The zero-order valence-electron chi connectivity index (χ0n) is 7.42. The van der Waals surface area contributed by atoms with E-state index in [1.165, 1.54) is 0 Å². The van der Waals surface area contributed by atoms with Crippen molar-refractivity contribution in [2.45, 2.75) is 11.8 Å². The molecule has 0 aliphatic carbocycles. The Hall–Kier alpha value is -1.03. The molecule has 3 nitrogen and oxygen atoms in total. The van der Waals surface area contributed by atoms with Crippen LogP contribution in [0.2, 0.25) is 0 Å². The van der Waals surface area contributed by atoms with Crippen molar-refractivity contribution in [1.82, 2.24) is 0 Å². The van der Waals surface area contributed by atoms with Crippen molar-refractivity contribution in [3.8, 4) is 5.75 Å². The molecule has 1 aromatic carbocycles. The van der Waals surface area contributed by atoms with Crippen molar-refractivity contribution < 1.29 is 14.6 Å². The summed E-state index contributed by atoms with van der Waals surface area (Å²) in [6.07, 6.45) is 0.802. The Bertz CT molecular complexity index is 387. The molecular weight excluding hydrogens is 248 g/mol. The van der Waals surface area contributed by atoms with Crippen LogP contribution in [0.3, 0.4) is 0 Å². The van der Waals surface area contributed by atoms with Crippen molar-refractivity contribution >= 4 is 21.9 Å². The molecule has 0 fully saturated rings. The van der Waals surface area contributed by atoms with Gasteiger partial charge in [0.25, 0.3) is 0 Å². The summed E-state index contributed by atoms with van der Waals surface area (Å²) in [6.45, 7) is 0.651. The zero-order chi connectivity index (χ0) is 10.1. The number of carbonyl (C=O) groups is 1. The van der Waals surface area contributed by atoms with Crippen LogP contribution in [0.1, 0.15) is 21.5 Å². The number of ether oxygens (including phenoxy) is 1. The van der Waals surface area contributed by atoms with Crippen LogP contribution in [-0.2, 0) is 11.8 Å². The maximum Gasteiger partial charge on any atom is 0.335 e. The Labute approximate surface area is 89.8 Å². The van der Waals surface area contributed by atoms with E-state index in [1.54, 1.807) is 12.1 Å². The van der Waals surface area contributed by atoms with Gasteiger partial charge in [0.2, 0.25) is 0 Å². The Morgan fingerprint density at radius 3 is 3.00 bits per heavy atom. The van der Waals surface area contributed by atoms with E-state index in [9.17, 15) is 4.79 Å². The third-order valence-electron chi connectivity index (χ3n) is 2.25. The fraction of sp³-hybridized carbons (Fsp3) is 0.300. The second kappa shape index (κ2) is 3.61. The number of fused-ring (bicyclic) bond motifs is 1. The highest BCUT2D eigenvalue weighted by Gasteiger charge is 2.18. The summed E-state index contributed by atoms with van der Waals surface area (Å²) in [5.74, 6) is -0.0335. The third kappa shape index (κ3) is 1.50. The highest BCUT2D eigenvalue weighted by atomic mass is 79.9. The van der Waals surface area contributed by atoms with E-state index in [0.29, 0.717) is 17.5 Å². The lowest BCUT2D eigenvalue weighted by molar-refractivity contribution is 0.0696. The van der Waals surface area contributed by atoms with Gasteiger partial charge in [-0.1, -0.05) is 15.9 Å². The van der Waals surface area contributed by atoms with E-state index in [4.69, 9.17) is 9.84 Å². The van der Waals surface area contributed by atoms with Crippen molar-refractivity contribution in [3.63, 3.8) is 0 Å². The Kier molecular flexibility index (Phi) is 2.46. The highest BCUT2D eigenvalue weighted by molar-refractivity contribution is 9.08. The lowest BCUT2D eigenvalue weighted by Gasteiger charge is -2.06. The third-order valence-corrected chi connectivity index (χ3v) is 2.86. The van der Waals surface area contributed by atoms with Crippen LogP contribution in [-0.4, -0.2) is 17.7 Å². The summed E-state index contributed by atoms with van der Waals surface area (Å²) < 4.78 is 5.43. The zero-order valence-corrected chi connectivity index (χ0v) is 9.00. The number of rotatable bonds is 2. The maximum absolute atomic E-state index is 10.8. The number of alkyl halides is 1. The smallest absolute Gasteiger partial charge is 0.335 e. The van der Waals surface area contributed by atoms with E-state index >= 15 is 0 Å². The van der Waals surface area contributed by atoms with E-state index in [-0.39, 0.29) is 0 Å². The summed E-state index contributed by atoms with van der Waals surface area (Å²) in [5, 5.41) is 9.50. The summed E-state index contributed by atoms with van der Waals surface area (Å²) >= 11 is 3.32. The monoisotopic (exact) mass is 256 g/mol. The molecule has 0 radical (unpaired) electrons. The molecule has 0 saturated carbocycles. The summed E-state index contributed by atoms with van der Waals surface area (Å²) in [4.78, 5) is 10.8. The van der Waals surface area contributed by atoms with Gasteiger partial charge in [-0.3, -0.25) is 0 Å². The number of benzene rings is 1. The summed E-state index contributed by atoms with van der Waals surface area (Å²) in [6, 6.07) is 3.35. The second-order valence-corrected chi connectivity index (χ2v) is 3.72. The van der Waals surface area contributed by atoms with Crippen LogP contribution in [0, 0.1) is 0 Å². The molecule has 0 amide bonds. The minimum atomic E-state index is -0.887. The molecule has 1 aliphatic heterocycles. The molecule has 1 N–H and O–H groups in total. The minimum Gasteiger partial charge on any atom is -0.493 e. The van der Waals surface area contributed by atoms with Crippen LogP contribution in [0.15, 0.2) is 12.1 Å². The topological polar surface area (TPSA) is 46.5 Å². The van der Waals surface area contributed by atoms with Gasteiger partial charge in [-0.25, -0.2) is 4.79 Å². The molecule has 1 heterocycles. The number of halogens is 1. The first-order chi connectivity index (χ1) is 6.72. The standard InChI is InChI=1S/C10H9BrO3/c11-5-8-4-7(10(12)13)3-6-1-2-14-9(6)8/h3-4H,1-2,5H2,(H,12,13). The van der Waals surface area contributed by atoms with Gasteiger partial charge in [-0.2, -0.15) is 0 Å². The molecule has 74 valence electrons. The van der Waals surface area contributed by atoms with Gasteiger partial charge in [0.1, 0.15) is 5.75 Å². The predicted octanol–water partition coefficient (Wildman–Crippen LogP) is 2.21. The molecule has 0 aromatic heterocycles. The largest absolute Gasteiger partial charge is 0.493 e. The van der Waals surface area contributed by atoms with Crippen molar-refractivity contribution in [2.24, 2.45) is 0 Å². The average molecular weight is 257 g/mol. The normalized spacial score (nSPS) is 13.5. The lowest BCUT2D eigenvalue weighted by atomic mass is 10.0. The number of hydrogen-bond acceptors (Lipinski definition) is 2. The second-order valence-electron chi connectivity index (χ2n) is 3.16. The summed E-state index contributed by atoms with van der Waals surface area (Å²) in [5.41, 5.74) is 2.25. The fourth-order valence-corrected chi connectivity index (χ4v) is 2.03.